The molecule has 2 bridgehead atoms. The molecule has 0 aromatic heterocycles. The van der Waals surface area contributed by atoms with Crippen molar-refractivity contribution in [2.75, 3.05) is 42.6 Å². The number of unbranched alkanes of at least 4 members (excludes halogenated alkanes) is 1. The summed E-state index contributed by atoms with van der Waals surface area (Å²) in [7, 11) is 0. The van der Waals surface area contributed by atoms with Crippen molar-refractivity contribution in [3.63, 3.8) is 0 Å². The zero-order chi connectivity index (χ0) is 33.2. The van der Waals surface area contributed by atoms with E-state index in [9.17, 15) is 19.5 Å². The summed E-state index contributed by atoms with van der Waals surface area (Å²) in [4.78, 5) is 49.5. The number of fused-ring (bicyclic) bond motifs is 1. The van der Waals surface area contributed by atoms with Crippen LogP contribution in [0, 0.1) is 31.6 Å². The van der Waals surface area contributed by atoms with Crippen molar-refractivity contribution < 1.29 is 24.2 Å². The molecule has 46 heavy (non-hydrogen) atoms. The number of anilines is 2. The number of aliphatic hydroxyl groups is 1. The Bertz CT molecular complexity index is 1480. The van der Waals surface area contributed by atoms with E-state index >= 15 is 0 Å². The summed E-state index contributed by atoms with van der Waals surface area (Å²) in [6.07, 6.45) is 5.26. The number of benzene rings is 2. The van der Waals surface area contributed by atoms with Crippen LogP contribution in [0.4, 0.5) is 11.4 Å². The van der Waals surface area contributed by atoms with Crippen LogP contribution in [0.1, 0.15) is 44.2 Å². The predicted molar refractivity (Wildman–Crippen MR) is 185 cm³/mol. The molecule has 1 N–H and O–H groups in total. The Labute approximate surface area is 277 Å². The molecular weight excluding hydrogens is 598 g/mol. The van der Waals surface area contributed by atoms with Gasteiger partial charge in [-0.1, -0.05) is 31.2 Å². The number of amides is 3. The van der Waals surface area contributed by atoms with Gasteiger partial charge in [-0.25, -0.2) is 0 Å². The maximum atomic E-state index is 15.0. The highest BCUT2D eigenvalue weighted by molar-refractivity contribution is 8.02. The Morgan fingerprint density at radius 1 is 1.07 bits per heavy atom. The molecule has 3 amide bonds. The molecule has 3 fully saturated rings. The molecule has 0 saturated carbocycles. The van der Waals surface area contributed by atoms with Crippen molar-refractivity contribution in [2.24, 2.45) is 17.8 Å². The number of hydrogen-bond donors (Lipinski definition) is 1. The molecular formula is C37H47N3O5S. The highest BCUT2D eigenvalue weighted by Gasteiger charge is 2.76. The standard InChI is InChI=1S/C37H47N3O5S/c1-7-18-38(27-14-16-28(17-15-27)45-9-3)34(42)31-30-23-26(6)37(46-30)32(31)35(43)40(20-10-11-21-41)33(37)36(44)39(19-8-2)29-22-24(4)12-13-25(29)5/h7-8,12-17,22,26,30-33,41H,1-2,9-11,18-21,23H2,3-6H3/t26?,30-,31+,32-,33?,37?/m0/s1. The number of aryl methyl sites for hydroxylation is 2. The summed E-state index contributed by atoms with van der Waals surface area (Å²) in [6.45, 7) is 17.4. The normalized spacial score (nSPS) is 26.2. The molecule has 2 aromatic carbocycles. The largest absolute Gasteiger partial charge is 0.494 e. The Hall–Kier alpha value is -3.56. The minimum atomic E-state index is -0.756. The quantitative estimate of drug-likeness (QED) is 0.214. The number of carbonyl (C=O) groups is 3. The monoisotopic (exact) mass is 645 g/mol. The molecule has 8 nitrogen and oxygen atoms in total. The minimum Gasteiger partial charge on any atom is -0.494 e. The molecule has 3 saturated heterocycles. The number of nitrogens with zero attached hydrogens (tertiary/aromatic N) is 3. The van der Waals surface area contributed by atoms with E-state index in [4.69, 9.17) is 4.74 Å². The van der Waals surface area contributed by atoms with E-state index < -0.39 is 22.6 Å². The van der Waals surface area contributed by atoms with Gasteiger partial charge in [0, 0.05) is 42.9 Å². The third-order valence-electron chi connectivity index (χ3n) is 9.84. The Morgan fingerprint density at radius 3 is 2.41 bits per heavy atom. The van der Waals surface area contributed by atoms with Gasteiger partial charge in [0.25, 0.3) is 5.91 Å². The predicted octanol–water partition coefficient (Wildman–Crippen LogP) is 5.55. The van der Waals surface area contributed by atoms with Gasteiger partial charge in [-0.2, -0.15) is 0 Å². The minimum absolute atomic E-state index is 0.00717. The van der Waals surface area contributed by atoms with Crippen molar-refractivity contribution in [3.05, 3.63) is 78.9 Å². The molecule has 5 rings (SSSR count). The fourth-order valence-electron chi connectivity index (χ4n) is 7.83. The van der Waals surface area contributed by atoms with Crippen LogP contribution >= 0.6 is 11.8 Å². The molecule has 3 aliphatic rings. The van der Waals surface area contributed by atoms with E-state index in [-0.39, 0.29) is 35.5 Å². The third-order valence-corrected chi connectivity index (χ3v) is 11.9. The lowest BCUT2D eigenvalue weighted by molar-refractivity contribution is -0.139. The molecule has 0 aliphatic carbocycles. The summed E-state index contributed by atoms with van der Waals surface area (Å²) in [5, 5.41) is 9.49. The van der Waals surface area contributed by atoms with Crippen LogP contribution in [0.15, 0.2) is 67.8 Å². The number of hydrogen-bond acceptors (Lipinski definition) is 6. The first-order valence-corrected chi connectivity index (χ1v) is 17.3. The first kappa shape index (κ1) is 33.8. The van der Waals surface area contributed by atoms with Gasteiger partial charge in [-0.05, 0) is 87.4 Å². The average Bonchev–Trinajstić information content (AvgIpc) is 3.63. The number of aliphatic hydroxyl groups excluding tert-OH is 1. The second kappa shape index (κ2) is 14.1. The average molecular weight is 646 g/mol. The number of carbonyl (C=O) groups excluding carboxylic acids is 3. The van der Waals surface area contributed by atoms with Crippen LogP contribution < -0.4 is 14.5 Å². The van der Waals surface area contributed by atoms with Crippen LogP contribution in [0.2, 0.25) is 0 Å². The number of thioether (sulfide) groups is 1. The van der Waals surface area contributed by atoms with Gasteiger partial charge >= 0.3 is 0 Å². The molecule has 3 aliphatic heterocycles. The fourth-order valence-corrected chi connectivity index (χ4v) is 10.2. The molecule has 6 atom stereocenters. The van der Waals surface area contributed by atoms with E-state index in [2.05, 4.69) is 20.1 Å². The smallest absolute Gasteiger partial charge is 0.251 e. The van der Waals surface area contributed by atoms with Gasteiger partial charge in [0.2, 0.25) is 11.8 Å². The van der Waals surface area contributed by atoms with Crippen LogP contribution in [-0.4, -0.2) is 76.6 Å². The first-order valence-electron chi connectivity index (χ1n) is 16.4. The fraction of sp³-hybridized carbons (Fsp3) is 0.486. The van der Waals surface area contributed by atoms with Crippen LogP contribution in [-0.2, 0) is 14.4 Å². The summed E-state index contributed by atoms with van der Waals surface area (Å²) in [5.74, 6) is -0.849. The van der Waals surface area contributed by atoms with E-state index in [0.29, 0.717) is 44.8 Å². The van der Waals surface area contributed by atoms with Gasteiger partial charge in [-0.15, -0.1) is 24.9 Å². The van der Waals surface area contributed by atoms with Gasteiger partial charge in [-0.3, -0.25) is 14.4 Å². The van der Waals surface area contributed by atoms with Crippen molar-refractivity contribution >= 4 is 40.9 Å². The molecule has 9 heteroatoms. The van der Waals surface area contributed by atoms with E-state index in [0.717, 1.165) is 29.0 Å². The van der Waals surface area contributed by atoms with E-state index in [1.54, 1.807) is 38.6 Å². The van der Waals surface area contributed by atoms with Crippen molar-refractivity contribution in [2.45, 2.75) is 63.0 Å². The molecule has 0 radical (unpaired) electrons. The molecule has 3 unspecified atom stereocenters. The Balaban J connectivity index is 1.57. The maximum Gasteiger partial charge on any atom is 0.251 e. The highest BCUT2D eigenvalue weighted by Crippen LogP contribution is 2.69. The SMILES string of the molecule is C=CCN(C(=O)[C@@H]1[C@@H]2CC(C)C3(S2)C(C(=O)N(CC=C)c2cc(C)ccc2C)N(CCCCO)C(=O)[C@H]13)c1ccc(OCC)cc1. The third kappa shape index (κ3) is 5.77. The summed E-state index contributed by atoms with van der Waals surface area (Å²) < 4.78 is 4.86. The summed E-state index contributed by atoms with van der Waals surface area (Å²) >= 11 is 1.68. The van der Waals surface area contributed by atoms with Gasteiger partial charge in [0.15, 0.2) is 0 Å². The van der Waals surface area contributed by atoms with Crippen LogP contribution in [0.5, 0.6) is 5.75 Å². The second-order valence-electron chi connectivity index (χ2n) is 12.7. The zero-order valence-corrected chi connectivity index (χ0v) is 28.3. The van der Waals surface area contributed by atoms with Gasteiger partial charge < -0.3 is 24.5 Å². The van der Waals surface area contributed by atoms with Crippen molar-refractivity contribution in [3.8, 4) is 5.75 Å². The second-order valence-corrected chi connectivity index (χ2v) is 14.3. The number of ether oxygens (including phenoxy) is 1. The molecule has 3 heterocycles. The van der Waals surface area contributed by atoms with Crippen molar-refractivity contribution in [1.29, 1.82) is 0 Å². The molecule has 2 aromatic rings. The maximum absolute atomic E-state index is 15.0. The molecule has 246 valence electrons. The lowest BCUT2D eigenvalue weighted by Crippen LogP contribution is -2.58. The Morgan fingerprint density at radius 2 is 1.76 bits per heavy atom. The number of rotatable bonds is 14. The lowest BCUT2D eigenvalue weighted by Gasteiger charge is -2.41. The number of likely N-dealkylation sites (tertiary alicyclic amines) is 1. The van der Waals surface area contributed by atoms with Crippen LogP contribution in [0.25, 0.3) is 0 Å². The highest BCUT2D eigenvalue weighted by atomic mass is 32.2. The van der Waals surface area contributed by atoms with E-state index in [1.807, 2.05) is 63.2 Å². The summed E-state index contributed by atoms with van der Waals surface area (Å²) in [5.41, 5.74) is 3.52. The first-order chi connectivity index (χ1) is 22.1. The summed E-state index contributed by atoms with van der Waals surface area (Å²) in [6, 6.07) is 12.7. The topological polar surface area (TPSA) is 90.4 Å². The van der Waals surface area contributed by atoms with Crippen LogP contribution in [0.3, 0.4) is 0 Å². The molecule has 1 spiro atoms. The van der Waals surface area contributed by atoms with E-state index in [1.165, 1.54) is 0 Å². The van der Waals surface area contributed by atoms with Gasteiger partial charge in [0.1, 0.15) is 11.8 Å². The van der Waals surface area contributed by atoms with Gasteiger partial charge in [0.05, 0.1) is 23.2 Å². The Kier molecular flexibility index (Phi) is 10.3. The van der Waals surface area contributed by atoms with Crippen molar-refractivity contribution in [1.82, 2.24) is 4.90 Å². The lowest BCUT2D eigenvalue weighted by atomic mass is 9.65. The zero-order valence-electron chi connectivity index (χ0n) is 27.5.